The van der Waals surface area contributed by atoms with Crippen molar-refractivity contribution in [2.45, 2.75) is 52.7 Å². The molecule has 1 aromatic heterocycles. The number of aromatic nitrogens is 1. The molecule has 1 fully saturated rings. The average molecular weight is 545 g/mol. The van der Waals surface area contributed by atoms with Gasteiger partial charge in [-0.3, -0.25) is 4.99 Å². The molecule has 6 nitrogen and oxygen atoms in total. The van der Waals surface area contributed by atoms with Gasteiger partial charge in [0.15, 0.2) is 5.96 Å². The number of ether oxygens (including phenoxy) is 2. The number of hydrogen-bond acceptors (Lipinski definition) is 5. The molecular formula is C22H33IN4O2S. The zero-order valence-corrected chi connectivity index (χ0v) is 21.4. The van der Waals surface area contributed by atoms with Crippen molar-refractivity contribution in [2.24, 2.45) is 4.99 Å². The number of halogens is 1. The van der Waals surface area contributed by atoms with Crippen LogP contribution in [0.3, 0.4) is 0 Å². The van der Waals surface area contributed by atoms with Crippen LogP contribution in [-0.4, -0.2) is 43.9 Å². The summed E-state index contributed by atoms with van der Waals surface area (Å²) < 4.78 is 11.6. The van der Waals surface area contributed by atoms with E-state index in [4.69, 9.17) is 14.5 Å². The number of hydrogen-bond donors (Lipinski definition) is 2. The fraction of sp³-hybridized carbons (Fsp3) is 0.545. The molecule has 3 rings (SSSR count). The molecule has 2 aromatic rings. The van der Waals surface area contributed by atoms with E-state index in [0.717, 1.165) is 49.7 Å². The summed E-state index contributed by atoms with van der Waals surface area (Å²) in [5.74, 6) is 1.71. The summed E-state index contributed by atoms with van der Waals surface area (Å²) in [6.45, 7) is 9.27. The van der Waals surface area contributed by atoms with Crippen molar-refractivity contribution < 1.29 is 9.47 Å². The van der Waals surface area contributed by atoms with E-state index in [9.17, 15) is 0 Å². The fourth-order valence-corrected chi connectivity index (χ4v) is 4.33. The van der Waals surface area contributed by atoms with Crippen LogP contribution in [0.4, 0.5) is 0 Å². The Morgan fingerprint density at radius 1 is 1.33 bits per heavy atom. The summed E-state index contributed by atoms with van der Waals surface area (Å²) in [5.41, 5.74) is 3.52. The largest absolute Gasteiger partial charge is 0.488 e. The predicted molar refractivity (Wildman–Crippen MR) is 135 cm³/mol. The maximum absolute atomic E-state index is 6.18. The third-order valence-corrected chi connectivity index (χ3v) is 6.05. The van der Waals surface area contributed by atoms with Crippen molar-refractivity contribution in [3.05, 3.63) is 44.9 Å². The molecule has 30 heavy (non-hydrogen) atoms. The molecule has 0 amide bonds. The molecule has 1 aliphatic heterocycles. The summed E-state index contributed by atoms with van der Waals surface area (Å²) >= 11 is 1.79. The number of guanidine groups is 1. The van der Waals surface area contributed by atoms with Crippen molar-refractivity contribution in [2.75, 3.05) is 26.8 Å². The Hall–Kier alpha value is -1.39. The van der Waals surface area contributed by atoms with E-state index in [-0.39, 0.29) is 30.1 Å². The van der Waals surface area contributed by atoms with Gasteiger partial charge >= 0.3 is 0 Å². The average Bonchev–Trinajstić information content (AvgIpc) is 3.35. The Balaban J connectivity index is 0.00000320. The minimum atomic E-state index is 0. The molecular weight excluding hydrogens is 511 g/mol. The molecule has 0 bridgehead atoms. The van der Waals surface area contributed by atoms with Gasteiger partial charge in [-0.05, 0) is 31.9 Å². The van der Waals surface area contributed by atoms with Crippen LogP contribution in [0, 0.1) is 13.8 Å². The maximum Gasteiger partial charge on any atom is 0.191 e. The number of benzene rings is 1. The zero-order valence-electron chi connectivity index (χ0n) is 18.3. The summed E-state index contributed by atoms with van der Waals surface area (Å²) in [4.78, 5) is 10.4. The molecule has 0 aliphatic carbocycles. The van der Waals surface area contributed by atoms with Gasteiger partial charge in [0.1, 0.15) is 11.9 Å². The van der Waals surface area contributed by atoms with Crippen molar-refractivity contribution in [3.63, 3.8) is 0 Å². The van der Waals surface area contributed by atoms with Crippen LogP contribution in [-0.2, 0) is 24.1 Å². The lowest BCUT2D eigenvalue weighted by Gasteiger charge is -2.18. The highest BCUT2D eigenvalue weighted by molar-refractivity contribution is 14.0. The molecule has 166 valence electrons. The van der Waals surface area contributed by atoms with Crippen molar-refractivity contribution in [1.29, 1.82) is 0 Å². The van der Waals surface area contributed by atoms with Crippen LogP contribution < -0.4 is 15.4 Å². The minimum Gasteiger partial charge on any atom is -0.488 e. The number of aryl methyl sites for hydroxylation is 3. The lowest BCUT2D eigenvalue weighted by molar-refractivity contribution is 0.140. The monoisotopic (exact) mass is 544 g/mol. The highest BCUT2D eigenvalue weighted by Crippen LogP contribution is 2.24. The smallest absolute Gasteiger partial charge is 0.191 e. The standard InChI is InChI=1S/C22H32N4O2S.HI/c1-5-19-16(3)29-21(26-19)8-10-24-22(23-4)25-13-17-7-6-15(2)12-20(17)28-18-9-11-27-14-18;/h6-7,12,18H,5,8-11,13-14H2,1-4H3,(H2,23,24,25);1H. The van der Waals surface area contributed by atoms with Crippen LogP contribution in [0.1, 0.15) is 40.1 Å². The molecule has 1 saturated heterocycles. The Labute approximate surface area is 200 Å². The van der Waals surface area contributed by atoms with Gasteiger partial charge in [0.05, 0.1) is 23.9 Å². The highest BCUT2D eigenvalue weighted by Gasteiger charge is 2.18. The van der Waals surface area contributed by atoms with E-state index >= 15 is 0 Å². The number of rotatable bonds is 8. The van der Waals surface area contributed by atoms with Gasteiger partial charge in [-0.25, -0.2) is 4.98 Å². The van der Waals surface area contributed by atoms with E-state index in [1.165, 1.54) is 21.1 Å². The zero-order chi connectivity index (χ0) is 20.6. The third kappa shape index (κ3) is 7.09. The van der Waals surface area contributed by atoms with Gasteiger partial charge in [-0.1, -0.05) is 19.1 Å². The van der Waals surface area contributed by atoms with Crippen molar-refractivity contribution in [1.82, 2.24) is 15.6 Å². The second kappa shape index (κ2) is 12.5. The van der Waals surface area contributed by atoms with Crippen LogP contribution in [0.15, 0.2) is 23.2 Å². The van der Waals surface area contributed by atoms with E-state index in [2.05, 4.69) is 54.6 Å². The molecule has 1 atom stereocenters. The molecule has 8 heteroatoms. The fourth-order valence-electron chi connectivity index (χ4n) is 3.31. The number of thiazole rings is 1. The first-order valence-corrected chi connectivity index (χ1v) is 11.1. The molecule has 2 N–H and O–H groups in total. The molecule has 1 aliphatic rings. The van der Waals surface area contributed by atoms with Gasteiger partial charge < -0.3 is 20.1 Å². The molecule has 0 spiro atoms. The van der Waals surface area contributed by atoms with E-state index < -0.39 is 0 Å². The van der Waals surface area contributed by atoms with E-state index in [1.807, 2.05) is 0 Å². The Bertz CT molecular complexity index is 835. The number of nitrogens with one attached hydrogen (secondary N) is 2. The maximum atomic E-state index is 6.18. The summed E-state index contributed by atoms with van der Waals surface area (Å²) in [5, 5.41) is 7.95. The van der Waals surface area contributed by atoms with Crippen LogP contribution >= 0.6 is 35.3 Å². The summed E-state index contributed by atoms with van der Waals surface area (Å²) in [7, 11) is 1.79. The SMILES string of the molecule is CCc1nc(CCNC(=NC)NCc2ccc(C)cc2OC2CCOC2)sc1C.I. The number of aliphatic imine (C=N–C) groups is 1. The lowest BCUT2D eigenvalue weighted by Crippen LogP contribution is -2.38. The summed E-state index contributed by atoms with van der Waals surface area (Å²) in [6.07, 6.45) is 2.97. The van der Waals surface area contributed by atoms with Gasteiger partial charge in [0, 0.05) is 43.4 Å². The van der Waals surface area contributed by atoms with E-state index in [0.29, 0.717) is 13.2 Å². The third-order valence-electron chi connectivity index (χ3n) is 4.98. The topological polar surface area (TPSA) is 67.8 Å². The first kappa shape index (κ1) is 24.9. The highest BCUT2D eigenvalue weighted by atomic mass is 127. The first-order valence-electron chi connectivity index (χ1n) is 10.3. The normalized spacial score (nSPS) is 16.3. The van der Waals surface area contributed by atoms with Gasteiger partial charge in [-0.2, -0.15) is 0 Å². The van der Waals surface area contributed by atoms with E-state index in [1.54, 1.807) is 18.4 Å². The minimum absolute atomic E-state index is 0. The second-order valence-corrected chi connectivity index (χ2v) is 8.57. The quantitative estimate of drug-likeness (QED) is 0.299. The van der Waals surface area contributed by atoms with Crippen molar-refractivity contribution in [3.8, 4) is 5.75 Å². The predicted octanol–water partition coefficient (Wildman–Crippen LogP) is 4.02. The molecule has 0 radical (unpaired) electrons. The van der Waals surface area contributed by atoms with Crippen LogP contribution in [0.25, 0.3) is 0 Å². The molecule has 1 unspecified atom stereocenters. The number of nitrogens with zero attached hydrogens (tertiary/aromatic N) is 2. The molecule has 0 saturated carbocycles. The van der Waals surface area contributed by atoms with Crippen molar-refractivity contribution >= 4 is 41.3 Å². The Morgan fingerprint density at radius 3 is 2.83 bits per heavy atom. The lowest BCUT2D eigenvalue weighted by atomic mass is 10.1. The van der Waals surface area contributed by atoms with Gasteiger partial charge in [0.25, 0.3) is 0 Å². The van der Waals surface area contributed by atoms with Gasteiger partial charge in [0.2, 0.25) is 0 Å². The molecule has 1 aromatic carbocycles. The Kier molecular flexibility index (Phi) is 10.3. The van der Waals surface area contributed by atoms with Crippen LogP contribution in [0.2, 0.25) is 0 Å². The van der Waals surface area contributed by atoms with Crippen LogP contribution in [0.5, 0.6) is 5.75 Å². The Morgan fingerprint density at radius 2 is 2.17 bits per heavy atom. The van der Waals surface area contributed by atoms with Gasteiger partial charge in [-0.15, -0.1) is 35.3 Å². The molecule has 2 heterocycles. The summed E-state index contributed by atoms with van der Waals surface area (Å²) in [6, 6.07) is 6.33. The second-order valence-electron chi connectivity index (χ2n) is 7.28. The first-order chi connectivity index (χ1) is 14.1.